The third kappa shape index (κ3) is 1.73. The zero-order valence-electron chi connectivity index (χ0n) is 8.70. The zero-order chi connectivity index (χ0) is 11.9. The van der Waals surface area contributed by atoms with E-state index < -0.39 is 17.6 Å². The van der Waals surface area contributed by atoms with Crippen molar-refractivity contribution in [2.75, 3.05) is 18.0 Å². The van der Waals surface area contributed by atoms with Crippen LogP contribution in [0.3, 0.4) is 0 Å². The summed E-state index contributed by atoms with van der Waals surface area (Å²) in [6.07, 6.45) is 0. The van der Waals surface area contributed by atoms with E-state index >= 15 is 0 Å². The first kappa shape index (κ1) is 10.9. The van der Waals surface area contributed by atoms with E-state index in [9.17, 15) is 13.6 Å². The van der Waals surface area contributed by atoms with Crippen molar-refractivity contribution in [3.8, 4) is 0 Å². The van der Waals surface area contributed by atoms with Crippen LogP contribution in [0, 0.1) is 17.6 Å². The predicted molar refractivity (Wildman–Crippen MR) is 54.7 cm³/mol. The Bertz CT molecular complexity index is 442. The molecular formula is C11H11F2NO2. The van der Waals surface area contributed by atoms with Gasteiger partial charge in [-0.15, -0.1) is 0 Å². The monoisotopic (exact) mass is 227 g/mol. The molecule has 0 aliphatic carbocycles. The molecule has 0 aromatic heterocycles. The fraction of sp³-hybridized carbons (Fsp3) is 0.364. The molecule has 0 unspecified atom stereocenters. The number of halogens is 2. The molecular weight excluding hydrogens is 216 g/mol. The Morgan fingerprint density at radius 2 is 1.94 bits per heavy atom. The summed E-state index contributed by atoms with van der Waals surface area (Å²) >= 11 is 0. The second-order valence-electron chi connectivity index (χ2n) is 4.10. The van der Waals surface area contributed by atoms with E-state index in [1.807, 2.05) is 6.92 Å². The van der Waals surface area contributed by atoms with Gasteiger partial charge in [-0.2, -0.15) is 0 Å². The predicted octanol–water partition coefficient (Wildman–Crippen LogP) is 2.12. The number of anilines is 1. The summed E-state index contributed by atoms with van der Waals surface area (Å²) in [4.78, 5) is 12.6. The van der Waals surface area contributed by atoms with Gasteiger partial charge in [-0.25, -0.2) is 13.6 Å². The molecule has 1 aromatic carbocycles. The molecule has 0 amide bonds. The highest BCUT2D eigenvalue weighted by molar-refractivity contribution is 5.94. The molecule has 1 saturated heterocycles. The topological polar surface area (TPSA) is 40.5 Å². The first-order valence-corrected chi connectivity index (χ1v) is 4.96. The van der Waals surface area contributed by atoms with Crippen LogP contribution in [0.5, 0.6) is 0 Å². The molecule has 5 heteroatoms. The Morgan fingerprint density at radius 3 is 2.44 bits per heavy atom. The van der Waals surface area contributed by atoms with Gasteiger partial charge in [-0.05, 0) is 12.0 Å². The maximum Gasteiger partial charge on any atom is 0.337 e. The highest BCUT2D eigenvalue weighted by Gasteiger charge is 2.27. The van der Waals surface area contributed by atoms with Gasteiger partial charge in [0, 0.05) is 19.2 Å². The normalized spacial score (nSPS) is 16.1. The van der Waals surface area contributed by atoms with Crippen molar-refractivity contribution in [3.05, 3.63) is 29.3 Å². The van der Waals surface area contributed by atoms with Gasteiger partial charge in [0.05, 0.1) is 11.3 Å². The fourth-order valence-corrected chi connectivity index (χ4v) is 1.86. The first-order valence-electron chi connectivity index (χ1n) is 4.96. The number of benzene rings is 1. The summed E-state index contributed by atoms with van der Waals surface area (Å²) in [5.41, 5.74) is 0.0651. The SMILES string of the molecule is CC1CN(c2cc(F)c(F)cc2C(=O)O)C1. The lowest BCUT2D eigenvalue weighted by Crippen LogP contribution is -2.45. The van der Waals surface area contributed by atoms with E-state index in [1.54, 1.807) is 4.90 Å². The highest BCUT2D eigenvalue weighted by atomic mass is 19.2. The summed E-state index contributed by atoms with van der Waals surface area (Å²) in [6.45, 7) is 3.35. The molecule has 2 rings (SSSR count). The van der Waals surface area contributed by atoms with Crippen LogP contribution in [-0.4, -0.2) is 24.2 Å². The van der Waals surface area contributed by atoms with E-state index in [-0.39, 0.29) is 11.3 Å². The minimum atomic E-state index is -1.24. The third-order valence-electron chi connectivity index (χ3n) is 2.67. The van der Waals surface area contributed by atoms with Crippen molar-refractivity contribution in [2.45, 2.75) is 6.92 Å². The zero-order valence-corrected chi connectivity index (χ0v) is 8.70. The largest absolute Gasteiger partial charge is 0.478 e. The van der Waals surface area contributed by atoms with Crippen LogP contribution in [0.4, 0.5) is 14.5 Å². The average molecular weight is 227 g/mol. The molecule has 0 bridgehead atoms. The highest BCUT2D eigenvalue weighted by Crippen LogP contribution is 2.29. The van der Waals surface area contributed by atoms with E-state index in [4.69, 9.17) is 5.11 Å². The van der Waals surface area contributed by atoms with Crippen LogP contribution in [-0.2, 0) is 0 Å². The molecule has 1 N–H and O–H groups in total. The van der Waals surface area contributed by atoms with Crippen LogP contribution in [0.15, 0.2) is 12.1 Å². The second kappa shape index (κ2) is 3.73. The van der Waals surface area contributed by atoms with E-state index in [2.05, 4.69) is 0 Å². The van der Waals surface area contributed by atoms with Crippen LogP contribution in [0.2, 0.25) is 0 Å². The lowest BCUT2D eigenvalue weighted by molar-refractivity contribution is 0.0696. The molecule has 0 atom stereocenters. The standard InChI is InChI=1S/C11H11F2NO2/c1-6-4-14(5-6)10-3-9(13)8(12)2-7(10)11(15)16/h2-3,6H,4-5H2,1H3,(H,15,16). The Kier molecular flexibility index (Phi) is 2.53. The smallest absolute Gasteiger partial charge is 0.337 e. The Morgan fingerprint density at radius 1 is 1.38 bits per heavy atom. The molecule has 1 heterocycles. The Balaban J connectivity index is 2.42. The molecule has 0 spiro atoms. The number of hydrogen-bond acceptors (Lipinski definition) is 2. The summed E-state index contributed by atoms with van der Waals surface area (Å²) in [5, 5.41) is 8.90. The number of carboxylic acid groups (broad SMARTS) is 1. The maximum absolute atomic E-state index is 13.0. The molecule has 86 valence electrons. The molecule has 1 fully saturated rings. The molecule has 3 nitrogen and oxygen atoms in total. The molecule has 0 saturated carbocycles. The van der Waals surface area contributed by atoms with Crippen LogP contribution < -0.4 is 4.90 Å². The molecule has 0 radical (unpaired) electrons. The number of nitrogens with zero attached hydrogens (tertiary/aromatic N) is 1. The molecule has 16 heavy (non-hydrogen) atoms. The Hall–Kier alpha value is -1.65. The van der Waals surface area contributed by atoms with Gasteiger partial charge in [-0.1, -0.05) is 6.92 Å². The van der Waals surface area contributed by atoms with Gasteiger partial charge in [0.2, 0.25) is 0 Å². The van der Waals surface area contributed by atoms with Crippen molar-refractivity contribution in [1.29, 1.82) is 0 Å². The van der Waals surface area contributed by atoms with Gasteiger partial charge >= 0.3 is 5.97 Å². The molecule has 1 aromatic rings. The Labute approximate surface area is 91.3 Å². The summed E-state index contributed by atoms with van der Waals surface area (Å²) in [7, 11) is 0. The van der Waals surface area contributed by atoms with E-state index in [1.165, 1.54) is 0 Å². The van der Waals surface area contributed by atoms with Crippen molar-refractivity contribution in [2.24, 2.45) is 5.92 Å². The number of carbonyl (C=O) groups is 1. The van der Waals surface area contributed by atoms with Gasteiger partial charge in [0.15, 0.2) is 11.6 Å². The van der Waals surface area contributed by atoms with Gasteiger partial charge < -0.3 is 10.0 Å². The van der Waals surface area contributed by atoms with E-state index in [0.717, 1.165) is 12.1 Å². The summed E-state index contributed by atoms with van der Waals surface area (Å²) in [6, 6.07) is 1.68. The minimum Gasteiger partial charge on any atom is -0.478 e. The average Bonchev–Trinajstić information content (AvgIpc) is 2.16. The number of hydrogen-bond donors (Lipinski definition) is 1. The number of rotatable bonds is 2. The van der Waals surface area contributed by atoms with Gasteiger partial charge in [0.1, 0.15) is 0 Å². The minimum absolute atomic E-state index is 0.189. The van der Waals surface area contributed by atoms with Crippen molar-refractivity contribution in [3.63, 3.8) is 0 Å². The van der Waals surface area contributed by atoms with Crippen LogP contribution in [0.25, 0.3) is 0 Å². The van der Waals surface area contributed by atoms with Crippen LogP contribution >= 0.6 is 0 Å². The molecule has 1 aliphatic rings. The first-order chi connectivity index (χ1) is 7.49. The summed E-state index contributed by atoms with van der Waals surface area (Å²) in [5.74, 6) is -2.93. The number of aromatic carboxylic acids is 1. The van der Waals surface area contributed by atoms with Crippen molar-refractivity contribution >= 4 is 11.7 Å². The maximum atomic E-state index is 13.0. The van der Waals surface area contributed by atoms with E-state index in [0.29, 0.717) is 19.0 Å². The summed E-state index contributed by atoms with van der Waals surface area (Å²) < 4.78 is 26.0. The lowest BCUT2D eigenvalue weighted by Gasteiger charge is -2.39. The molecule has 1 aliphatic heterocycles. The quantitative estimate of drug-likeness (QED) is 0.841. The van der Waals surface area contributed by atoms with Gasteiger partial charge in [0.25, 0.3) is 0 Å². The number of carboxylic acids is 1. The van der Waals surface area contributed by atoms with Gasteiger partial charge in [-0.3, -0.25) is 0 Å². The lowest BCUT2D eigenvalue weighted by atomic mass is 10.00. The van der Waals surface area contributed by atoms with Crippen LogP contribution in [0.1, 0.15) is 17.3 Å². The third-order valence-corrected chi connectivity index (χ3v) is 2.67. The van der Waals surface area contributed by atoms with Crippen molar-refractivity contribution in [1.82, 2.24) is 0 Å². The van der Waals surface area contributed by atoms with Crippen molar-refractivity contribution < 1.29 is 18.7 Å². The second-order valence-corrected chi connectivity index (χ2v) is 4.10. The fourth-order valence-electron chi connectivity index (χ4n) is 1.86.